The molecule has 0 spiro atoms. The lowest BCUT2D eigenvalue weighted by Gasteiger charge is -2.11. The van der Waals surface area contributed by atoms with E-state index in [1.165, 1.54) is 17.7 Å². The van der Waals surface area contributed by atoms with Crippen molar-refractivity contribution in [2.24, 2.45) is 0 Å². The van der Waals surface area contributed by atoms with E-state index in [2.05, 4.69) is 0 Å². The molecule has 0 aliphatic heterocycles. The van der Waals surface area contributed by atoms with Gasteiger partial charge in [-0.2, -0.15) is 0 Å². The van der Waals surface area contributed by atoms with Crippen molar-refractivity contribution < 1.29 is 14.3 Å². The van der Waals surface area contributed by atoms with Crippen LogP contribution in [0.25, 0.3) is 33.2 Å². The first-order chi connectivity index (χ1) is 16.0. The van der Waals surface area contributed by atoms with Crippen molar-refractivity contribution >= 4 is 56.9 Å². The van der Waals surface area contributed by atoms with Crippen molar-refractivity contribution in [1.29, 1.82) is 0 Å². The monoisotopic (exact) mass is 474 g/mol. The molecule has 5 rings (SSSR count). The van der Waals surface area contributed by atoms with E-state index < -0.39 is 5.97 Å². The largest absolute Gasteiger partial charge is 0.465 e. The van der Waals surface area contributed by atoms with E-state index in [0.717, 1.165) is 16.3 Å². The fourth-order valence-electron chi connectivity index (χ4n) is 3.92. The summed E-state index contributed by atoms with van der Waals surface area (Å²) in [5, 5.41) is 2.63. The van der Waals surface area contributed by atoms with Crippen LogP contribution < -0.4 is 0 Å². The Balaban J connectivity index is 1.82. The molecule has 0 unspecified atom stereocenters. The van der Waals surface area contributed by atoms with Gasteiger partial charge in [0.2, 0.25) is 0 Å². The Morgan fingerprint density at radius 1 is 0.909 bits per heavy atom. The van der Waals surface area contributed by atoms with Gasteiger partial charge in [0.05, 0.1) is 34.3 Å². The molecule has 0 amide bonds. The van der Waals surface area contributed by atoms with Crippen molar-refractivity contribution in [1.82, 2.24) is 9.55 Å². The van der Waals surface area contributed by atoms with Crippen molar-refractivity contribution in [2.45, 2.75) is 0 Å². The minimum Gasteiger partial charge on any atom is -0.465 e. The standard InChI is InChI=1S/C26H16Cl2N2O3/c1-33-26(32)16-9-12-23-22(13-16)29-24(19-8-4-6-15-5-2-3-7-18(15)19)30(23)25(31)20-11-10-17(27)14-21(20)28/h2-14H,1H3. The predicted octanol–water partition coefficient (Wildman–Crippen LogP) is 6.64. The van der Waals surface area contributed by atoms with Crippen molar-refractivity contribution in [3.63, 3.8) is 0 Å². The third-order valence-corrected chi connectivity index (χ3v) is 6.02. The van der Waals surface area contributed by atoms with Gasteiger partial charge < -0.3 is 4.74 Å². The van der Waals surface area contributed by atoms with Crippen LogP contribution in [-0.2, 0) is 4.74 Å². The number of carbonyl (C=O) groups excluding carboxylic acids is 2. The van der Waals surface area contributed by atoms with Gasteiger partial charge in [-0.05, 0) is 47.2 Å². The van der Waals surface area contributed by atoms with Gasteiger partial charge in [-0.3, -0.25) is 9.36 Å². The summed E-state index contributed by atoms with van der Waals surface area (Å²) in [4.78, 5) is 30.6. The fraction of sp³-hybridized carbons (Fsp3) is 0.0385. The van der Waals surface area contributed by atoms with Crippen LogP contribution in [0.15, 0.2) is 78.9 Å². The van der Waals surface area contributed by atoms with E-state index in [-0.39, 0.29) is 10.9 Å². The first kappa shape index (κ1) is 21.2. The molecule has 0 fully saturated rings. The van der Waals surface area contributed by atoms with Gasteiger partial charge in [-0.1, -0.05) is 65.7 Å². The highest BCUT2D eigenvalue weighted by molar-refractivity contribution is 6.37. The maximum atomic E-state index is 13.8. The van der Waals surface area contributed by atoms with Crippen molar-refractivity contribution in [3.05, 3.63) is 100 Å². The maximum Gasteiger partial charge on any atom is 0.337 e. The molecule has 1 aromatic heterocycles. The molecule has 5 aromatic rings. The summed E-state index contributed by atoms with van der Waals surface area (Å²) in [6, 6.07) is 23.3. The number of benzene rings is 4. The first-order valence-electron chi connectivity index (χ1n) is 10.1. The molecule has 162 valence electrons. The Morgan fingerprint density at radius 3 is 2.48 bits per heavy atom. The van der Waals surface area contributed by atoms with E-state index in [0.29, 0.717) is 33.0 Å². The van der Waals surface area contributed by atoms with Crippen LogP contribution in [0.4, 0.5) is 0 Å². The minimum absolute atomic E-state index is 0.240. The number of methoxy groups -OCH3 is 1. The lowest BCUT2D eigenvalue weighted by Crippen LogP contribution is -2.14. The summed E-state index contributed by atoms with van der Waals surface area (Å²) in [6.07, 6.45) is 0. The summed E-state index contributed by atoms with van der Waals surface area (Å²) in [5.74, 6) is -0.391. The average molecular weight is 475 g/mol. The lowest BCUT2D eigenvalue weighted by molar-refractivity contribution is 0.0600. The Kier molecular flexibility index (Phi) is 5.36. The highest BCUT2D eigenvalue weighted by Gasteiger charge is 2.23. The summed E-state index contributed by atoms with van der Waals surface area (Å²) >= 11 is 12.4. The Bertz CT molecular complexity index is 1570. The van der Waals surface area contributed by atoms with Crippen LogP contribution in [0.3, 0.4) is 0 Å². The number of carbonyl (C=O) groups is 2. The van der Waals surface area contributed by atoms with Gasteiger partial charge in [0.1, 0.15) is 5.82 Å². The number of fused-ring (bicyclic) bond motifs is 2. The van der Waals surface area contributed by atoms with Crippen molar-refractivity contribution in [3.8, 4) is 11.4 Å². The molecule has 4 aromatic carbocycles. The van der Waals surface area contributed by atoms with Gasteiger partial charge >= 0.3 is 5.97 Å². The van der Waals surface area contributed by atoms with E-state index in [1.54, 1.807) is 30.3 Å². The number of aromatic nitrogens is 2. The summed E-state index contributed by atoms with van der Waals surface area (Å²) in [7, 11) is 1.32. The van der Waals surface area contributed by atoms with Crippen LogP contribution in [-0.4, -0.2) is 28.5 Å². The zero-order chi connectivity index (χ0) is 23.1. The van der Waals surface area contributed by atoms with E-state index in [1.807, 2.05) is 42.5 Å². The number of hydrogen-bond acceptors (Lipinski definition) is 4. The number of hydrogen-bond donors (Lipinski definition) is 0. The van der Waals surface area contributed by atoms with Gasteiger partial charge in [0.15, 0.2) is 0 Å². The van der Waals surface area contributed by atoms with Gasteiger partial charge in [-0.25, -0.2) is 9.78 Å². The van der Waals surface area contributed by atoms with Crippen LogP contribution in [0.2, 0.25) is 10.0 Å². The number of halogens is 2. The van der Waals surface area contributed by atoms with Crippen LogP contribution in [0.5, 0.6) is 0 Å². The van der Waals surface area contributed by atoms with E-state index >= 15 is 0 Å². The summed E-state index contributed by atoms with van der Waals surface area (Å²) < 4.78 is 6.36. The number of imidazole rings is 1. The molecule has 0 aliphatic carbocycles. The second-order valence-electron chi connectivity index (χ2n) is 7.42. The minimum atomic E-state index is -0.481. The zero-order valence-electron chi connectivity index (χ0n) is 17.4. The maximum absolute atomic E-state index is 13.8. The Morgan fingerprint density at radius 2 is 1.70 bits per heavy atom. The van der Waals surface area contributed by atoms with Gasteiger partial charge in [0, 0.05) is 10.6 Å². The smallest absolute Gasteiger partial charge is 0.337 e. The molecule has 5 nitrogen and oxygen atoms in total. The quantitative estimate of drug-likeness (QED) is 0.275. The molecule has 33 heavy (non-hydrogen) atoms. The van der Waals surface area contributed by atoms with E-state index in [9.17, 15) is 9.59 Å². The summed E-state index contributed by atoms with van der Waals surface area (Å²) in [6.45, 7) is 0. The molecular formula is C26H16Cl2N2O3. The molecule has 0 aliphatic rings. The van der Waals surface area contributed by atoms with Crippen LogP contribution in [0, 0.1) is 0 Å². The lowest BCUT2D eigenvalue weighted by atomic mass is 10.0. The molecule has 0 saturated carbocycles. The van der Waals surface area contributed by atoms with Crippen molar-refractivity contribution in [2.75, 3.05) is 7.11 Å². The molecule has 0 radical (unpaired) electrons. The number of ether oxygens (including phenoxy) is 1. The Labute approximate surface area is 199 Å². The molecule has 0 N–H and O–H groups in total. The molecule has 0 saturated heterocycles. The molecule has 0 atom stereocenters. The fourth-order valence-corrected chi connectivity index (χ4v) is 4.40. The number of nitrogens with zero attached hydrogens (tertiary/aromatic N) is 2. The second-order valence-corrected chi connectivity index (χ2v) is 8.27. The molecule has 1 heterocycles. The van der Waals surface area contributed by atoms with Crippen LogP contribution in [0.1, 0.15) is 20.7 Å². The summed E-state index contributed by atoms with van der Waals surface area (Å²) in [5.41, 5.74) is 2.44. The topological polar surface area (TPSA) is 61.2 Å². The number of esters is 1. The first-order valence-corrected chi connectivity index (χ1v) is 10.8. The van der Waals surface area contributed by atoms with Gasteiger partial charge in [-0.15, -0.1) is 0 Å². The zero-order valence-corrected chi connectivity index (χ0v) is 18.9. The van der Waals surface area contributed by atoms with Crippen LogP contribution >= 0.6 is 23.2 Å². The molecule has 0 bridgehead atoms. The average Bonchev–Trinajstić information content (AvgIpc) is 3.21. The van der Waals surface area contributed by atoms with E-state index in [4.69, 9.17) is 32.9 Å². The molecular weight excluding hydrogens is 459 g/mol. The SMILES string of the molecule is COC(=O)c1ccc2c(c1)nc(-c1cccc3ccccc13)n2C(=O)c1ccc(Cl)cc1Cl. The Hall–Kier alpha value is -3.67. The third kappa shape index (κ3) is 3.65. The second kappa shape index (κ2) is 8.35. The predicted molar refractivity (Wildman–Crippen MR) is 130 cm³/mol. The third-order valence-electron chi connectivity index (χ3n) is 5.47. The highest BCUT2D eigenvalue weighted by Crippen LogP contribution is 2.33. The molecule has 7 heteroatoms. The highest BCUT2D eigenvalue weighted by atomic mass is 35.5. The normalized spacial score (nSPS) is 11.1. The number of rotatable bonds is 3. The van der Waals surface area contributed by atoms with Gasteiger partial charge in [0.25, 0.3) is 5.91 Å².